The predicted molar refractivity (Wildman–Crippen MR) is 96.3 cm³/mol. The molecule has 1 aromatic carbocycles. The number of hydrogen-bond acceptors (Lipinski definition) is 7. The Morgan fingerprint density at radius 1 is 0.880 bits per heavy atom. The molecule has 142 valence electrons. The predicted octanol–water partition coefficient (Wildman–Crippen LogP) is 0.980. The van der Waals surface area contributed by atoms with Crippen LogP contribution in [0.15, 0.2) is 24.3 Å². The molecule has 0 atom stereocenters. The molecule has 1 aliphatic heterocycles. The number of nitrogens with zero attached hydrogens (tertiary/aromatic N) is 1. The molecule has 0 saturated carbocycles. The van der Waals surface area contributed by atoms with E-state index in [2.05, 4.69) is 4.90 Å². The molecular weight excluding hydrogens is 346 g/mol. The summed E-state index contributed by atoms with van der Waals surface area (Å²) in [5, 5.41) is 0. The number of rotatable bonds is 11. The summed E-state index contributed by atoms with van der Waals surface area (Å²) in [5.74, 6) is 1.21. The van der Waals surface area contributed by atoms with Gasteiger partial charge in [0.25, 0.3) is 0 Å². The second-order valence-electron chi connectivity index (χ2n) is 5.70. The minimum atomic E-state index is -2.85. The minimum Gasteiger partial charge on any atom is -0.491 e. The van der Waals surface area contributed by atoms with Gasteiger partial charge in [0.15, 0.2) is 9.84 Å². The van der Waals surface area contributed by atoms with Crippen LogP contribution in [-0.4, -0.2) is 79.8 Å². The van der Waals surface area contributed by atoms with E-state index in [4.69, 9.17) is 18.9 Å². The first-order chi connectivity index (χ1) is 12.1. The van der Waals surface area contributed by atoms with Crippen molar-refractivity contribution in [1.29, 1.82) is 0 Å². The van der Waals surface area contributed by atoms with Crippen LogP contribution >= 0.6 is 0 Å². The lowest BCUT2D eigenvalue weighted by Crippen LogP contribution is -2.40. The molecule has 1 aliphatic rings. The first-order valence-electron chi connectivity index (χ1n) is 8.43. The average molecular weight is 373 g/mol. The number of methoxy groups -OCH3 is 1. The lowest BCUT2D eigenvalue weighted by Gasteiger charge is -2.28. The number of ether oxygens (including phenoxy) is 4. The van der Waals surface area contributed by atoms with Gasteiger partial charge < -0.3 is 23.8 Å². The van der Waals surface area contributed by atoms with Gasteiger partial charge in [-0.25, -0.2) is 8.42 Å². The Labute approximate surface area is 149 Å². The molecule has 1 aromatic rings. The van der Waals surface area contributed by atoms with Crippen molar-refractivity contribution >= 4 is 15.5 Å². The maximum atomic E-state index is 11.5. The molecule has 2 rings (SSSR count). The molecule has 25 heavy (non-hydrogen) atoms. The average Bonchev–Trinajstić information content (AvgIpc) is 2.61. The highest BCUT2D eigenvalue weighted by atomic mass is 32.2. The largest absolute Gasteiger partial charge is 0.491 e. The molecule has 8 heteroatoms. The van der Waals surface area contributed by atoms with E-state index in [0.29, 0.717) is 52.7 Å². The summed E-state index contributed by atoms with van der Waals surface area (Å²) in [4.78, 5) is 2.08. The van der Waals surface area contributed by atoms with Crippen LogP contribution in [0.5, 0.6) is 5.75 Å². The van der Waals surface area contributed by atoms with E-state index in [1.165, 1.54) is 0 Å². The highest BCUT2D eigenvalue weighted by Crippen LogP contribution is 2.21. The van der Waals surface area contributed by atoms with Crippen LogP contribution in [0.25, 0.3) is 0 Å². The molecule has 0 N–H and O–H groups in total. The molecule has 0 spiro atoms. The summed E-state index contributed by atoms with van der Waals surface area (Å²) in [5.41, 5.74) is 1.02. The zero-order valence-electron chi connectivity index (χ0n) is 14.7. The van der Waals surface area contributed by atoms with Crippen LogP contribution in [0.3, 0.4) is 0 Å². The molecule has 1 fully saturated rings. The third kappa shape index (κ3) is 7.60. The normalized spacial score (nSPS) is 16.8. The zero-order chi connectivity index (χ0) is 18.0. The summed E-state index contributed by atoms with van der Waals surface area (Å²) in [6, 6.07) is 7.70. The molecule has 0 amide bonds. The molecule has 0 radical (unpaired) electrons. The fourth-order valence-electron chi connectivity index (χ4n) is 2.41. The number of benzene rings is 1. The van der Waals surface area contributed by atoms with Crippen molar-refractivity contribution in [3.63, 3.8) is 0 Å². The van der Waals surface area contributed by atoms with Gasteiger partial charge in [0.1, 0.15) is 12.4 Å². The van der Waals surface area contributed by atoms with Gasteiger partial charge in [-0.15, -0.1) is 0 Å². The monoisotopic (exact) mass is 373 g/mol. The second-order valence-corrected chi connectivity index (χ2v) is 8.00. The lowest BCUT2D eigenvalue weighted by molar-refractivity contribution is 0.0180. The van der Waals surface area contributed by atoms with E-state index in [0.717, 1.165) is 11.4 Å². The summed E-state index contributed by atoms with van der Waals surface area (Å²) < 4.78 is 44.1. The smallest absolute Gasteiger partial charge is 0.153 e. The molecule has 1 saturated heterocycles. The fraction of sp³-hybridized carbons (Fsp3) is 0.647. The van der Waals surface area contributed by atoms with E-state index in [9.17, 15) is 8.42 Å². The lowest BCUT2D eigenvalue weighted by atomic mass is 10.2. The molecule has 0 bridgehead atoms. The van der Waals surface area contributed by atoms with Crippen LogP contribution < -0.4 is 9.64 Å². The van der Waals surface area contributed by atoms with Crippen molar-refractivity contribution in [3.05, 3.63) is 24.3 Å². The first-order valence-corrected chi connectivity index (χ1v) is 10.3. The standard InChI is InChI=1S/C17H27NO6S/c1-21-8-9-22-10-11-23-12-13-24-17-4-2-16(3-5-17)18-6-14-25(19,20)15-7-18/h2-5H,6-15H2,1H3. The topological polar surface area (TPSA) is 74.3 Å². The van der Waals surface area contributed by atoms with E-state index < -0.39 is 9.84 Å². The summed E-state index contributed by atoms with van der Waals surface area (Å²) in [6.45, 7) is 4.30. The van der Waals surface area contributed by atoms with Gasteiger partial charge in [0.2, 0.25) is 0 Å². The van der Waals surface area contributed by atoms with Crippen LogP contribution in [-0.2, 0) is 24.0 Å². The van der Waals surface area contributed by atoms with Crippen molar-refractivity contribution in [2.24, 2.45) is 0 Å². The van der Waals surface area contributed by atoms with Crippen LogP contribution in [0.4, 0.5) is 5.69 Å². The highest BCUT2D eigenvalue weighted by molar-refractivity contribution is 7.91. The van der Waals surface area contributed by atoms with E-state index >= 15 is 0 Å². The zero-order valence-corrected chi connectivity index (χ0v) is 15.5. The molecule has 0 aliphatic carbocycles. The Morgan fingerprint density at radius 3 is 2.04 bits per heavy atom. The van der Waals surface area contributed by atoms with Gasteiger partial charge in [-0.05, 0) is 24.3 Å². The van der Waals surface area contributed by atoms with Gasteiger partial charge in [-0.3, -0.25) is 0 Å². The van der Waals surface area contributed by atoms with Crippen LogP contribution in [0.1, 0.15) is 0 Å². The number of hydrogen-bond donors (Lipinski definition) is 0. The minimum absolute atomic E-state index is 0.220. The van der Waals surface area contributed by atoms with Crippen molar-refractivity contribution in [3.8, 4) is 5.75 Å². The SMILES string of the molecule is COCCOCCOCCOc1ccc(N2CCS(=O)(=O)CC2)cc1. The Balaban J connectivity index is 1.59. The quantitative estimate of drug-likeness (QED) is 0.535. The van der Waals surface area contributed by atoms with Crippen molar-refractivity contribution in [1.82, 2.24) is 0 Å². The van der Waals surface area contributed by atoms with E-state index in [-0.39, 0.29) is 11.5 Å². The molecule has 1 heterocycles. The van der Waals surface area contributed by atoms with Crippen molar-refractivity contribution < 1.29 is 27.4 Å². The Bertz CT molecular complexity index is 576. The fourth-order valence-corrected chi connectivity index (χ4v) is 3.61. The Hall–Kier alpha value is -1.35. The highest BCUT2D eigenvalue weighted by Gasteiger charge is 2.21. The van der Waals surface area contributed by atoms with Gasteiger partial charge in [0, 0.05) is 25.9 Å². The number of anilines is 1. The number of sulfone groups is 1. The Kier molecular flexibility index (Phi) is 8.47. The van der Waals surface area contributed by atoms with Crippen LogP contribution in [0.2, 0.25) is 0 Å². The summed E-state index contributed by atoms with van der Waals surface area (Å²) in [6.07, 6.45) is 0. The van der Waals surface area contributed by atoms with E-state index in [1.807, 2.05) is 24.3 Å². The first kappa shape index (κ1) is 20.0. The molecular formula is C17H27NO6S. The Morgan fingerprint density at radius 2 is 1.44 bits per heavy atom. The van der Waals surface area contributed by atoms with Gasteiger partial charge >= 0.3 is 0 Å². The van der Waals surface area contributed by atoms with Gasteiger partial charge in [-0.2, -0.15) is 0 Å². The van der Waals surface area contributed by atoms with Gasteiger partial charge in [0.05, 0.1) is 44.5 Å². The molecule has 0 aromatic heterocycles. The maximum Gasteiger partial charge on any atom is 0.153 e. The second kappa shape index (κ2) is 10.6. The van der Waals surface area contributed by atoms with E-state index in [1.54, 1.807) is 7.11 Å². The third-order valence-electron chi connectivity index (χ3n) is 3.85. The maximum absolute atomic E-state index is 11.5. The summed E-state index contributed by atoms with van der Waals surface area (Å²) >= 11 is 0. The third-order valence-corrected chi connectivity index (χ3v) is 5.46. The van der Waals surface area contributed by atoms with Crippen LogP contribution in [0, 0.1) is 0 Å². The van der Waals surface area contributed by atoms with Crippen molar-refractivity contribution in [2.75, 3.05) is 76.2 Å². The molecule has 0 unspecified atom stereocenters. The summed E-state index contributed by atoms with van der Waals surface area (Å²) in [7, 11) is -1.21. The van der Waals surface area contributed by atoms with Gasteiger partial charge in [-0.1, -0.05) is 0 Å². The molecule has 7 nitrogen and oxygen atoms in total. The van der Waals surface area contributed by atoms with Crippen molar-refractivity contribution in [2.45, 2.75) is 0 Å².